The summed E-state index contributed by atoms with van der Waals surface area (Å²) in [5, 5.41) is 11.6. The van der Waals surface area contributed by atoms with Gasteiger partial charge in [-0.05, 0) is 23.3 Å². The van der Waals surface area contributed by atoms with Crippen LogP contribution in [-0.4, -0.2) is 38.7 Å². The zero-order chi connectivity index (χ0) is 10.7. The van der Waals surface area contributed by atoms with Gasteiger partial charge >= 0.3 is 0 Å². The van der Waals surface area contributed by atoms with E-state index in [1.807, 2.05) is 7.05 Å². The van der Waals surface area contributed by atoms with Crippen LogP contribution in [0.15, 0.2) is 0 Å². The summed E-state index contributed by atoms with van der Waals surface area (Å²) >= 11 is 5.82. The van der Waals surface area contributed by atoms with Crippen molar-refractivity contribution < 1.29 is 0 Å². The summed E-state index contributed by atoms with van der Waals surface area (Å²) in [5.41, 5.74) is 0. The molecule has 0 radical (unpaired) electrons. The molecule has 0 atom stereocenters. The van der Waals surface area contributed by atoms with E-state index in [0.717, 1.165) is 12.5 Å². The zero-order valence-corrected chi connectivity index (χ0v) is 9.69. The highest BCUT2D eigenvalue weighted by molar-refractivity contribution is 6.18. The molecule has 0 bridgehead atoms. The average Bonchev–Trinajstić information content (AvgIpc) is 2.85. The Kier molecular flexibility index (Phi) is 3.41. The van der Waals surface area contributed by atoms with E-state index < -0.39 is 0 Å². The summed E-state index contributed by atoms with van der Waals surface area (Å²) in [5.74, 6) is 1.45. The molecule has 2 rings (SSSR count). The molecular formula is C9H16ClN5. The first kappa shape index (κ1) is 10.7. The highest BCUT2D eigenvalue weighted by Gasteiger charge is 2.25. The molecule has 6 heteroatoms. The molecule has 0 aliphatic heterocycles. The third-order valence-corrected chi connectivity index (χ3v) is 3.11. The molecule has 1 aliphatic carbocycles. The maximum absolute atomic E-state index is 5.82. The Labute approximate surface area is 94.4 Å². The molecule has 1 heterocycles. The summed E-state index contributed by atoms with van der Waals surface area (Å²) < 4.78 is 1.71. The molecule has 0 aromatic carbocycles. The van der Waals surface area contributed by atoms with Gasteiger partial charge in [0.05, 0.1) is 0 Å². The van der Waals surface area contributed by atoms with E-state index in [2.05, 4.69) is 20.4 Å². The standard InChI is InChI=1S/C9H16ClN5/c1-14-9(11-12-13-14)15(7-6-10)8-4-2-3-5-8/h8H,2-7H2,1H3. The molecule has 84 valence electrons. The monoisotopic (exact) mass is 229 g/mol. The second kappa shape index (κ2) is 4.79. The van der Waals surface area contributed by atoms with Crippen LogP contribution in [0.4, 0.5) is 5.95 Å². The Morgan fingerprint density at radius 1 is 1.47 bits per heavy atom. The highest BCUT2D eigenvalue weighted by atomic mass is 35.5. The van der Waals surface area contributed by atoms with Gasteiger partial charge in [0.25, 0.3) is 0 Å². The third kappa shape index (κ3) is 2.22. The van der Waals surface area contributed by atoms with Crippen molar-refractivity contribution in [1.29, 1.82) is 0 Å². The topological polar surface area (TPSA) is 46.8 Å². The van der Waals surface area contributed by atoms with E-state index in [-0.39, 0.29) is 0 Å². The van der Waals surface area contributed by atoms with Crippen LogP contribution in [0.2, 0.25) is 0 Å². The zero-order valence-electron chi connectivity index (χ0n) is 8.93. The van der Waals surface area contributed by atoms with E-state index in [4.69, 9.17) is 11.6 Å². The van der Waals surface area contributed by atoms with Crippen LogP contribution in [0.5, 0.6) is 0 Å². The lowest BCUT2D eigenvalue weighted by molar-refractivity contribution is 0.586. The van der Waals surface area contributed by atoms with Gasteiger partial charge in [-0.15, -0.1) is 11.6 Å². The normalized spacial score (nSPS) is 17.2. The van der Waals surface area contributed by atoms with Crippen molar-refractivity contribution in [3.8, 4) is 0 Å². The first-order chi connectivity index (χ1) is 7.33. The summed E-state index contributed by atoms with van der Waals surface area (Å²) in [6.45, 7) is 0.820. The van der Waals surface area contributed by atoms with Gasteiger partial charge in [0.15, 0.2) is 0 Å². The predicted molar refractivity (Wildman–Crippen MR) is 59.1 cm³/mol. The van der Waals surface area contributed by atoms with E-state index in [0.29, 0.717) is 11.9 Å². The molecule has 5 nitrogen and oxygen atoms in total. The lowest BCUT2D eigenvalue weighted by atomic mass is 10.2. The number of hydrogen-bond donors (Lipinski definition) is 0. The minimum absolute atomic E-state index is 0.563. The van der Waals surface area contributed by atoms with Crippen molar-refractivity contribution in [2.75, 3.05) is 17.3 Å². The third-order valence-electron chi connectivity index (χ3n) is 2.95. The maximum Gasteiger partial charge on any atom is 0.245 e. The molecule has 1 fully saturated rings. The first-order valence-electron chi connectivity index (χ1n) is 5.38. The van der Waals surface area contributed by atoms with Crippen molar-refractivity contribution >= 4 is 17.5 Å². The summed E-state index contributed by atoms with van der Waals surface area (Å²) in [7, 11) is 1.87. The molecule has 1 aliphatic rings. The Hall–Kier alpha value is -0.840. The van der Waals surface area contributed by atoms with Gasteiger partial charge in [-0.1, -0.05) is 17.9 Å². The molecule has 1 aromatic rings. The quantitative estimate of drug-likeness (QED) is 0.728. The number of aryl methyl sites for hydroxylation is 1. The molecule has 15 heavy (non-hydrogen) atoms. The molecule has 1 saturated carbocycles. The fourth-order valence-electron chi connectivity index (χ4n) is 2.22. The van der Waals surface area contributed by atoms with Gasteiger partial charge in [-0.2, -0.15) is 0 Å². The van der Waals surface area contributed by atoms with Crippen molar-refractivity contribution in [2.45, 2.75) is 31.7 Å². The van der Waals surface area contributed by atoms with E-state index >= 15 is 0 Å². The maximum atomic E-state index is 5.82. The molecule has 0 spiro atoms. The van der Waals surface area contributed by atoms with Gasteiger partial charge in [0.1, 0.15) is 0 Å². The van der Waals surface area contributed by atoms with Crippen LogP contribution in [0, 0.1) is 0 Å². The van der Waals surface area contributed by atoms with Crippen molar-refractivity contribution in [1.82, 2.24) is 20.2 Å². The second-order valence-electron chi connectivity index (χ2n) is 3.92. The first-order valence-corrected chi connectivity index (χ1v) is 5.91. The minimum Gasteiger partial charge on any atom is -0.336 e. The molecule has 0 amide bonds. The van der Waals surface area contributed by atoms with E-state index in [1.165, 1.54) is 25.7 Å². The second-order valence-corrected chi connectivity index (χ2v) is 4.30. The summed E-state index contributed by atoms with van der Waals surface area (Å²) in [4.78, 5) is 2.24. The van der Waals surface area contributed by atoms with Gasteiger partial charge in [0, 0.05) is 25.5 Å². The van der Waals surface area contributed by atoms with Crippen molar-refractivity contribution in [3.63, 3.8) is 0 Å². The number of nitrogens with zero attached hydrogens (tertiary/aromatic N) is 5. The lowest BCUT2D eigenvalue weighted by Gasteiger charge is -2.27. The Morgan fingerprint density at radius 2 is 2.20 bits per heavy atom. The van der Waals surface area contributed by atoms with Crippen LogP contribution in [0.25, 0.3) is 0 Å². The van der Waals surface area contributed by atoms with Gasteiger partial charge in [-0.25, -0.2) is 4.68 Å². The smallest absolute Gasteiger partial charge is 0.245 e. The molecule has 0 unspecified atom stereocenters. The number of aromatic nitrogens is 4. The van der Waals surface area contributed by atoms with Crippen molar-refractivity contribution in [2.24, 2.45) is 7.05 Å². The molecule has 0 N–H and O–H groups in total. The number of alkyl halides is 1. The van der Waals surface area contributed by atoms with Crippen molar-refractivity contribution in [3.05, 3.63) is 0 Å². The van der Waals surface area contributed by atoms with Crippen LogP contribution < -0.4 is 4.90 Å². The Balaban J connectivity index is 2.15. The van der Waals surface area contributed by atoms with E-state index in [9.17, 15) is 0 Å². The number of halogens is 1. The fourth-order valence-corrected chi connectivity index (χ4v) is 2.40. The average molecular weight is 230 g/mol. The number of anilines is 1. The van der Waals surface area contributed by atoms with Gasteiger partial charge in [0.2, 0.25) is 5.95 Å². The largest absolute Gasteiger partial charge is 0.336 e. The Morgan fingerprint density at radius 3 is 2.73 bits per heavy atom. The number of tetrazole rings is 1. The van der Waals surface area contributed by atoms with Gasteiger partial charge in [-0.3, -0.25) is 0 Å². The van der Waals surface area contributed by atoms with Crippen LogP contribution in [-0.2, 0) is 7.05 Å². The fraction of sp³-hybridized carbons (Fsp3) is 0.889. The summed E-state index contributed by atoms with van der Waals surface area (Å²) in [6, 6.07) is 0.563. The van der Waals surface area contributed by atoms with E-state index in [1.54, 1.807) is 4.68 Å². The number of hydrogen-bond acceptors (Lipinski definition) is 4. The molecule has 1 aromatic heterocycles. The SMILES string of the molecule is Cn1nnnc1N(CCCl)C1CCCC1. The lowest BCUT2D eigenvalue weighted by Crippen LogP contribution is -2.36. The minimum atomic E-state index is 0.563. The highest BCUT2D eigenvalue weighted by Crippen LogP contribution is 2.26. The predicted octanol–water partition coefficient (Wildman–Crippen LogP) is 1.20. The Bertz CT molecular complexity index is 307. The van der Waals surface area contributed by atoms with Crippen LogP contribution in [0.3, 0.4) is 0 Å². The van der Waals surface area contributed by atoms with Crippen LogP contribution >= 0.6 is 11.6 Å². The van der Waals surface area contributed by atoms with Gasteiger partial charge < -0.3 is 4.90 Å². The summed E-state index contributed by atoms with van der Waals surface area (Å²) in [6.07, 6.45) is 5.05. The van der Waals surface area contributed by atoms with Crippen LogP contribution in [0.1, 0.15) is 25.7 Å². The number of rotatable bonds is 4. The molecule has 0 saturated heterocycles. The molecular weight excluding hydrogens is 214 g/mol.